The Bertz CT molecular complexity index is 2090. The standard InChI is InChI=1S/C41H43ClN6O4/c1-47(24-26-11-14-31(42)15-12-26)41(52)36(21-27-10-13-28-6-2-3-7-30(28)20-27)46-40(51)35(22-38(49)44-37-25-48-18-16-29(37)17-19-48)45-39(50)33-23-43-34-9-5-4-8-32(33)34/h2-15,20,23,29,35-37,43H,16-19,21-22,24-25H2,1H3,(H,44,49)(H,45,50)(H,46,51)/t35-,36-,37+/m0/s1. The average molecular weight is 719 g/mol. The fourth-order valence-electron chi connectivity index (χ4n) is 7.57. The fourth-order valence-corrected chi connectivity index (χ4v) is 7.69. The smallest absolute Gasteiger partial charge is 0.254 e. The number of nitrogens with zero attached hydrogens (tertiary/aromatic N) is 2. The number of H-pyrrole nitrogens is 1. The highest BCUT2D eigenvalue weighted by Crippen LogP contribution is 2.27. The Morgan fingerprint density at radius 3 is 2.33 bits per heavy atom. The molecule has 4 amide bonds. The number of hydrogen-bond acceptors (Lipinski definition) is 5. The molecule has 52 heavy (non-hydrogen) atoms. The number of nitrogens with one attached hydrogen (secondary N) is 4. The van der Waals surface area contributed by atoms with E-state index in [1.807, 2.05) is 78.9 Å². The number of para-hydroxylation sites is 1. The highest BCUT2D eigenvalue weighted by Gasteiger charge is 2.36. The molecule has 3 fully saturated rings. The van der Waals surface area contributed by atoms with E-state index in [2.05, 4.69) is 25.8 Å². The van der Waals surface area contributed by atoms with Crippen molar-refractivity contribution in [2.75, 3.05) is 26.7 Å². The number of aromatic amines is 1. The van der Waals surface area contributed by atoms with Gasteiger partial charge in [-0.1, -0.05) is 84.4 Å². The van der Waals surface area contributed by atoms with Gasteiger partial charge in [0.1, 0.15) is 12.1 Å². The van der Waals surface area contributed by atoms with Crippen LogP contribution in [0.5, 0.6) is 0 Å². The second-order valence-electron chi connectivity index (χ2n) is 14.1. The summed E-state index contributed by atoms with van der Waals surface area (Å²) >= 11 is 6.09. The van der Waals surface area contributed by atoms with E-state index in [0.29, 0.717) is 28.4 Å². The monoisotopic (exact) mass is 718 g/mol. The molecule has 5 aromatic rings. The predicted octanol–water partition coefficient (Wildman–Crippen LogP) is 5.06. The van der Waals surface area contributed by atoms with Gasteiger partial charge in [-0.25, -0.2) is 0 Å². The quantitative estimate of drug-likeness (QED) is 0.144. The van der Waals surface area contributed by atoms with Gasteiger partial charge in [0.05, 0.1) is 12.0 Å². The van der Waals surface area contributed by atoms with Gasteiger partial charge in [-0.3, -0.25) is 19.2 Å². The molecule has 11 heteroatoms. The summed E-state index contributed by atoms with van der Waals surface area (Å²) in [6.45, 7) is 3.13. The van der Waals surface area contributed by atoms with E-state index in [-0.39, 0.29) is 30.7 Å². The van der Waals surface area contributed by atoms with Gasteiger partial charge in [0.15, 0.2) is 0 Å². The molecule has 0 radical (unpaired) electrons. The lowest BCUT2D eigenvalue weighted by molar-refractivity contribution is -0.136. The van der Waals surface area contributed by atoms with Crippen molar-refractivity contribution < 1.29 is 19.2 Å². The first kappa shape index (κ1) is 35.2. The van der Waals surface area contributed by atoms with Crippen LogP contribution in [0, 0.1) is 5.92 Å². The zero-order chi connectivity index (χ0) is 36.2. The Kier molecular flexibility index (Phi) is 10.6. The third-order valence-corrected chi connectivity index (χ3v) is 10.7. The number of halogens is 1. The minimum absolute atomic E-state index is 0.00761. The van der Waals surface area contributed by atoms with Gasteiger partial charge in [-0.05, 0) is 71.9 Å². The molecule has 8 rings (SSSR count). The third kappa shape index (κ3) is 8.14. The molecular weight excluding hydrogens is 676 g/mol. The van der Waals surface area contributed by atoms with E-state index in [1.54, 1.807) is 30.3 Å². The lowest BCUT2D eigenvalue weighted by Gasteiger charge is -2.45. The van der Waals surface area contributed by atoms with Gasteiger partial charge in [0, 0.05) is 54.7 Å². The molecule has 3 saturated heterocycles. The van der Waals surface area contributed by atoms with Crippen molar-refractivity contribution in [1.82, 2.24) is 30.7 Å². The lowest BCUT2D eigenvalue weighted by Crippen LogP contribution is -2.59. The normalized spacial score (nSPS) is 19.2. The molecule has 0 unspecified atom stereocenters. The van der Waals surface area contributed by atoms with Gasteiger partial charge in [-0.2, -0.15) is 0 Å². The SMILES string of the molecule is CN(Cc1ccc(Cl)cc1)C(=O)[C@H](Cc1ccc2ccccc2c1)NC(=O)[C@H](CC(=O)N[C@@H]1CN2CCC1CC2)NC(=O)c1c[nH]c2ccccc12. The summed E-state index contributed by atoms with van der Waals surface area (Å²) in [5.41, 5.74) is 2.87. The Hall–Kier alpha value is -5.19. The van der Waals surface area contributed by atoms with Crippen LogP contribution in [0.15, 0.2) is 97.2 Å². The molecule has 3 atom stereocenters. The zero-order valence-electron chi connectivity index (χ0n) is 29.1. The van der Waals surface area contributed by atoms with Gasteiger partial charge >= 0.3 is 0 Å². The summed E-state index contributed by atoms with van der Waals surface area (Å²) in [7, 11) is 1.69. The van der Waals surface area contributed by atoms with Crippen LogP contribution in [0.2, 0.25) is 5.02 Å². The van der Waals surface area contributed by atoms with Crippen LogP contribution < -0.4 is 16.0 Å². The Morgan fingerprint density at radius 2 is 1.58 bits per heavy atom. The maximum Gasteiger partial charge on any atom is 0.254 e. The summed E-state index contributed by atoms with van der Waals surface area (Å²) in [6.07, 6.45) is 3.57. The van der Waals surface area contributed by atoms with Crippen molar-refractivity contribution in [2.24, 2.45) is 5.92 Å². The van der Waals surface area contributed by atoms with Gasteiger partial charge < -0.3 is 30.7 Å². The van der Waals surface area contributed by atoms with Crippen molar-refractivity contribution in [3.63, 3.8) is 0 Å². The van der Waals surface area contributed by atoms with Crippen LogP contribution in [0.4, 0.5) is 0 Å². The number of hydrogen-bond donors (Lipinski definition) is 4. The molecular formula is C41H43ClN6O4. The molecule has 3 aliphatic rings. The Morgan fingerprint density at radius 1 is 0.865 bits per heavy atom. The summed E-state index contributed by atoms with van der Waals surface area (Å²) in [5, 5.41) is 12.3. The summed E-state index contributed by atoms with van der Waals surface area (Å²) in [6, 6.07) is 26.3. The second kappa shape index (κ2) is 15.6. The maximum absolute atomic E-state index is 14.3. The number of carbonyl (C=O) groups excluding carboxylic acids is 4. The minimum atomic E-state index is -1.24. The molecule has 268 valence electrons. The number of carbonyl (C=O) groups is 4. The molecule has 0 saturated carbocycles. The lowest BCUT2D eigenvalue weighted by atomic mass is 9.84. The first-order valence-electron chi connectivity index (χ1n) is 17.9. The number of amides is 4. The maximum atomic E-state index is 14.3. The minimum Gasteiger partial charge on any atom is -0.360 e. The number of fused-ring (bicyclic) bond motifs is 5. The number of likely N-dealkylation sites (N-methyl/N-ethyl adjacent to an activating group) is 1. The van der Waals surface area contributed by atoms with E-state index in [1.165, 1.54) is 0 Å². The summed E-state index contributed by atoms with van der Waals surface area (Å²) in [4.78, 5) is 62.8. The molecule has 2 bridgehead atoms. The van der Waals surface area contributed by atoms with Crippen LogP contribution in [0.25, 0.3) is 21.7 Å². The molecule has 4 N–H and O–H groups in total. The van der Waals surface area contributed by atoms with Crippen molar-refractivity contribution in [3.05, 3.63) is 119 Å². The van der Waals surface area contributed by atoms with E-state index >= 15 is 0 Å². The first-order valence-corrected chi connectivity index (χ1v) is 18.2. The van der Waals surface area contributed by atoms with Crippen LogP contribution in [-0.4, -0.2) is 83.2 Å². The highest BCUT2D eigenvalue weighted by atomic mass is 35.5. The second-order valence-corrected chi connectivity index (χ2v) is 14.5. The highest BCUT2D eigenvalue weighted by molar-refractivity contribution is 6.30. The Balaban J connectivity index is 1.14. The molecule has 1 aromatic heterocycles. The van der Waals surface area contributed by atoms with Crippen LogP contribution in [0.3, 0.4) is 0 Å². The van der Waals surface area contributed by atoms with E-state index in [0.717, 1.165) is 59.9 Å². The van der Waals surface area contributed by atoms with E-state index < -0.39 is 23.9 Å². The molecule has 0 spiro atoms. The average Bonchev–Trinajstić information content (AvgIpc) is 3.60. The molecule has 3 aliphatic heterocycles. The molecule has 10 nitrogen and oxygen atoms in total. The van der Waals surface area contributed by atoms with Crippen molar-refractivity contribution >= 4 is 56.9 Å². The van der Waals surface area contributed by atoms with Crippen molar-refractivity contribution in [3.8, 4) is 0 Å². The van der Waals surface area contributed by atoms with Gasteiger partial charge in [0.2, 0.25) is 17.7 Å². The van der Waals surface area contributed by atoms with Crippen molar-refractivity contribution in [2.45, 2.75) is 50.4 Å². The summed E-state index contributed by atoms with van der Waals surface area (Å²) < 4.78 is 0. The third-order valence-electron chi connectivity index (χ3n) is 10.4. The molecule has 0 aliphatic carbocycles. The van der Waals surface area contributed by atoms with Gasteiger partial charge in [0.25, 0.3) is 5.91 Å². The molecule has 4 heterocycles. The van der Waals surface area contributed by atoms with Crippen LogP contribution >= 0.6 is 11.6 Å². The van der Waals surface area contributed by atoms with E-state index in [9.17, 15) is 19.2 Å². The number of benzene rings is 4. The zero-order valence-corrected chi connectivity index (χ0v) is 29.9. The number of piperidine rings is 3. The fraction of sp³-hybridized carbons (Fsp3) is 0.317. The molecule has 4 aromatic carbocycles. The van der Waals surface area contributed by atoms with Crippen molar-refractivity contribution in [1.29, 1.82) is 0 Å². The predicted molar refractivity (Wildman–Crippen MR) is 203 cm³/mol. The Labute approximate surface area is 307 Å². The summed E-state index contributed by atoms with van der Waals surface area (Å²) in [5.74, 6) is -1.35. The largest absolute Gasteiger partial charge is 0.360 e. The van der Waals surface area contributed by atoms with Gasteiger partial charge in [-0.15, -0.1) is 0 Å². The first-order chi connectivity index (χ1) is 25.2. The number of aromatic nitrogens is 1. The number of rotatable bonds is 12. The van der Waals surface area contributed by atoms with Crippen LogP contribution in [-0.2, 0) is 27.3 Å². The van der Waals surface area contributed by atoms with Crippen LogP contribution in [0.1, 0.15) is 40.7 Å². The topological polar surface area (TPSA) is 127 Å². The van der Waals surface area contributed by atoms with E-state index in [4.69, 9.17) is 11.6 Å².